The molecule has 0 radical (unpaired) electrons. The van der Waals surface area contributed by atoms with E-state index in [2.05, 4.69) is 10.1 Å². The maximum Gasteiger partial charge on any atom is 0.254 e. The Kier molecular flexibility index (Phi) is 2.37. The molecule has 0 aromatic carbocycles. The summed E-state index contributed by atoms with van der Waals surface area (Å²) in [5.41, 5.74) is 6.97. The molecule has 0 fully saturated rings. The lowest BCUT2D eigenvalue weighted by molar-refractivity contribution is -0.116. The van der Waals surface area contributed by atoms with Crippen LogP contribution in [0.25, 0.3) is 0 Å². The van der Waals surface area contributed by atoms with Crippen LogP contribution in [0.4, 0.5) is 11.5 Å². The molecule has 1 aromatic rings. The number of nitrogens with two attached hydrogens (primary N) is 1. The number of hydrogen-bond donors (Lipinski definition) is 1. The van der Waals surface area contributed by atoms with Crippen molar-refractivity contribution in [1.29, 1.82) is 0 Å². The van der Waals surface area contributed by atoms with Gasteiger partial charge in [-0.05, 0) is 18.6 Å². The number of aromatic nitrogens is 1. The first-order valence-corrected chi connectivity index (χ1v) is 4.81. The Morgan fingerprint density at radius 2 is 2.33 bits per heavy atom. The number of nitrogens with zero attached hydrogens (tertiary/aromatic N) is 3. The summed E-state index contributed by atoms with van der Waals surface area (Å²) in [6.45, 7) is 1.98. The fraction of sp³-hybridized carbons (Fsp3) is 0.300. The third kappa shape index (κ3) is 1.81. The minimum Gasteiger partial charge on any atom is -0.397 e. The normalized spacial score (nSPS) is 15.7. The zero-order valence-corrected chi connectivity index (χ0v) is 8.47. The summed E-state index contributed by atoms with van der Waals surface area (Å²) >= 11 is 0. The van der Waals surface area contributed by atoms with Gasteiger partial charge >= 0.3 is 0 Å². The van der Waals surface area contributed by atoms with E-state index in [-0.39, 0.29) is 5.91 Å². The Bertz CT molecular complexity index is 410. The molecule has 0 atom stereocenters. The lowest BCUT2D eigenvalue weighted by Gasteiger charge is -2.09. The molecule has 0 bridgehead atoms. The van der Waals surface area contributed by atoms with Crippen molar-refractivity contribution < 1.29 is 4.79 Å². The predicted octanol–water partition coefficient (Wildman–Crippen LogP) is 1.17. The predicted molar refractivity (Wildman–Crippen MR) is 58.5 cm³/mol. The molecule has 15 heavy (non-hydrogen) atoms. The molecule has 2 rings (SSSR count). The van der Waals surface area contributed by atoms with E-state index < -0.39 is 0 Å². The van der Waals surface area contributed by atoms with Crippen molar-refractivity contribution in [2.75, 3.05) is 10.7 Å². The number of hydrogen-bond acceptors (Lipinski definition) is 4. The molecule has 2 heterocycles. The van der Waals surface area contributed by atoms with Gasteiger partial charge in [0.15, 0.2) is 5.82 Å². The van der Waals surface area contributed by atoms with Gasteiger partial charge in [-0.1, -0.05) is 6.92 Å². The van der Waals surface area contributed by atoms with Gasteiger partial charge in [0, 0.05) is 5.71 Å². The summed E-state index contributed by atoms with van der Waals surface area (Å²) < 4.78 is 0. The number of pyridine rings is 1. The quantitative estimate of drug-likeness (QED) is 0.785. The van der Waals surface area contributed by atoms with Crippen LogP contribution in [-0.4, -0.2) is 16.6 Å². The maximum absolute atomic E-state index is 11.6. The Morgan fingerprint density at radius 3 is 2.87 bits per heavy atom. The first kappa shape index (κ1) is 9.64. The highest BCUT2D eigenvalue weighted by Crippen LogP contribution is 2.19. The van der Waals surface area contributed by atoms with E-state index >= 15 is 0 Å². The van der Waals surface area contributed by atoms with Gasteiger partial charge in [-0.25, -0.2) is 4.98 Å². The second-order valence-corrected chi connectivity index (χ2v) is 3.35. The lowest BCUT2D eigenvalue weighted by Crippen LogP contribution is -2.20. The van der Waals surface area contributed by atoms with E-state index in [4.69, 9.17) is 5.73 Å². The molecule has 78 valence electrons. The molecule has 0 spiro atoms. The second kappa shape index (κ2) is 3.68. The maximum atomic E-state index is 11.6. The summed E-state index contributed by atoms with van der Waals surface area (Å²) in [5.74, 6) is 0.488. The van der Waals surface area contributed by atoms with Crippen LogP contribution >= 0.6 is 0 Å². The average Bonchev–Trinajstić information content (AvgIpc) is 2.61. The molecule has 5 nitrogen and oxygen atoms in total. The zero-order valence-electron chi connectivity index (χ0n) is 8.47. The highest BCUT2D eigenvalue weighted by Gasteiger charge is 2.24. The minimum absolute atomic E-state index is 0.0379. The highest BCUT2D eigenvalue weighted by molar-refractivity contribution is 6.12. The third-order valence-corrected chi connectivity index (χ3v) is 2.23. The van der Waals surface area contributed by atoms with E-state index in [0.717, 1.165) is 12.1 Å². The van der Waals surface area contributed by atoms with Crippen LogP contribution in [0.2, 0.25) is 0 Å². The molecule has 1 amide bonds. The summed E-state index contributed by atoms with van der Waals surface area (Å²) in [6.07, 6.45) is 2.70. The van der Waals surface area contributed by atoms with Crippen LogP contribution in [0.5, 0.6) is 0 Å². The number of anilines is 2. The van der Waals surface area contributed by atoms with E-state index in [1.807, 2.05) is 6.92 Å². The topological polar surface area (TPSA) is 71.6 Å². The molecule has 0 unspecified atom stereocenters. The van der Waals surface area contributed by atoms with E-state index in [9.17, 15) is 4.79 Å². The number of carbonyl (C=O) groups excluding carboxylic acids is 1. The standard InChI is InChI=1S/C10H12N4O/c1-2-8-5-10(15)14(13-8)9-4-3-7(11)6-12-9/h3-4,6H,2,5,11H2,1H3. The number of amides is 1. The second-order valence-electron chi connectivity index (χ2n) is 3.35. The van der Waals surface area contributed by atoms with Crippen molar-refractivity contribution in [2.24, 2.45) is 5.10 Å². The Hall–Kier alpha value is -1.91. The van der Waals surface area contributed by atoms with Crippen molar-refractivity contribution in [2.45, 2.75) is 19.8 Å². The molecular formula is C10H12N4O. The zero-order chi connectivity index (χ0) is 10.8. The van der Waals surface area contributed by atoms with Gasteiger partial charge in [0.05, 0.1) is 18.3 Å². The van der Waals surface area contributed by atoms with Gasteiger partial charge in [0.2, 0.25) is 0 Å². The monoisotopic (exact) mass is 204 g/mol. The Morgan fingerprint density at radius 1 is 1.53 bits per heavy atom. The molecule has 0 saturated carbocycles. The summed E-state index contributed by atoms with van der Waals surface area (Å²) in [4.78, 5) is 15.6. The van der Waals surface area contributed by atoms with E-state index in [0.29, 0.717) is 17.9 Å². The first-order valence-electron chi connectivity index (χ1n) is 4.81. The van der Waals surface area contributed by atoms with Crippen LogP contribution in [0.15, 0.2) is 23.4 Å². The lowest BCUT2D eigenvalue weighted by atomic mass is 10.2. The molecule has 0 aliphatic carbocycles. The molecular weight excluding hydrogens is 192 g/mol. The van der Waals surface area contributed by atoms with Crippen LogP contribution in [0.3, 0.4) is 0 Å². The molecule has 1 aliphatic heterocycles. The van der Waals surface area contributed by atoms with Crippen molar-refractivity contribution in [3.63, 3.8) is 0 Å². The first-order chi connectivity index (χ1) is 7.20. The fourth-order valence-corrected chi connectivity index (χ4v) is 1.38. The summed E-state index contributed by atoms with van der Waals surface area (Å²) in [5, 5.41) is 5.52. The fourth-order valence-electron chi connectivity index (χ4n) is 1.38. The van der Waals surface area contributed by atoms with Gasteiger partial charge in [-0.3, -0.25) is 4.79 Å². The van der Waals surface area contributed by atoms with Crippen molar-refractivity contribution in [3.05, 3.63) is 18.3 Å². The van der Waals surface area contributed by atoms with Gasteiger partial charge in [0.1, 0.15) is 0 Å². The molecule has 2 N–H and O–H groups in total. The number of hydrazone groups is 1. The van der Waals surface area contributed by atoms with Crippen LogP contribution in [0, 0.1) is 0 Å². The minimum atomic E-state index is -0.0379. The molecule has 1 aliphatic rings. The third-order valence-electron chi connectivity index (χ3n) is 2.23. The van der Waals surface area contributed by atoms with Gasteiger partial charge in [-0.2, -0.15) is 10.1 Å². The van der Waals surface area contributed by atoms with Crippen LogP contribution in [-0.2, 0) is 4.79 Å². The van der Waals surface area contributed by atoms with Crippen LogP contribution < -0.4 is 10.7 Å². The average molecular weight is 204 g/mol. The number of nitrogen functional groups attached to an aromatic ring is 1. The molecule has 0 saturated heterocycles. The van der Waals surface area contributed by atoms with Crippen molar-refractivity contribution in [1.82, 2.24) is 4.98 Å². The smallest absolute Gasteiger partial charge is 0.254 e. The summed E-state index contributed by atoms with van der Waals surface area (Å²) in [7, 11) is 0. The summed E-state index contributed by atoms with van der Waals surface area (Å²) in [6, 6.07) is 3.39. The Balaban J connectivity index is 2.28. The Labute approximate surface area is 87.6 Å². The largest absolute Gasteiger partial charge is 0.397 e. The highest BCUT2D eigenvalue weighted by atomic mass is 16.2. The molecule has 1 aromatic heterocycles. The van der Waals surface area contributed by atoms with Gasteiger partial charge in [-0.15, -0.1) is 0 Å². The van der Waals surface area contributed by atoms with Crippen molar-refractivity contribution >= 4 is 23.1 Å². The molecule has 5 heteroatoms. The van der Waals surface area contributed by atoms with Crippen molar-refractivity contribution in [3.8, 4) is 0 Å². The SMILES string of the molecule is CCC1=NN(c2ccc(N)cn2)C(=O)C1. The van der Waals surface area contributed by atoms with Gasteiger partial charge < -0.3 is 5.73 Å². The van der Waals surface area contributed by atoms with E-state index in [1.165, 1.54) is 11.2 Å². The van der Waals surface area contributed by atoms with Gasteiger partial charge in [0.25, 0.3) is 5.91 Å². The number of rotatable bonds is 2. The van der Waals surface area contributed by atoms with E-state index in [1.54, 1.807) is 12.1 Å². The number of carbonyl (C=O) groups is 1. The van der Waals surface area contributed by atoms with Crippen LogP contribution in [0.1, 0.15) is 19.8 Å².